The lowest BCUT2D eigenvalue weighted by Crippen LogP contribution is -2.09. The topological polar surface area (TPSA) is 0 Å². The summed E-state index contributed by atoms with van der Waals surface area (Å²) < 4.78 is -3.08. The highest BCUT2D eigenvalue weighted by molar-refractivity contribution is 6.67. The minimum absolute atomic E-state index is 0.470. The zero-order valence-corrected chi connectivity index (χ0v) is 13.3. The second-order valence-corrected chi connectivity index (χ2v) is 7.97. The molecule has 0 bridgehead atoms. The van der Waals surface area contributed by atoms with Crippen LogP contribution in [0.2, 0.25) is 0 Å². The fraction of sp³-hybridized carbons (Fsp3) is 0.364. The summed E-state index contributed by atoms with van der Waals surface area (Å²) in [7, 11) is 0. The normalized spacial score (nSPS) is 12.9. The Morgan fingerprint density at radius 2 is 1.59 bits per heavy atom. The molecule has 0 spiro atoms. The van der Waals surface area contributed by atoms with Crippen molar-refractivity contribution >= 4 is 69.6 Å². The molecule has 0 saturated heterocycles. The molecule has 0 nitrogen and oxygen atoms in total. The summed E-state index contributed by atoms with van der Waals surface area (Å²) in [4.78, 5) is 0. The van der Waals surface area contributed by atoms with Gasteiger partial charge >= 0.3 is 0 Å². The van der Waals surface area contributed by atoms with Crippen LogP contribution < -0.4 is 0 Å². The van der Waals surface area contributed by atoms with E-state index < -0.39 is 7.59 Å². The summed E-state index contributed by atoms with van der Waals surface area (Å²) >= 11 is 35.1. The molecule has 0 aromatic heterocycles. The van der Waals surface area contributed by atoms with E-state index in [1.54, 1.807) is 18.2 Å². The van der Waals surface area contributed by atoms with Crippen LogP contribution in [0.5, 0.6) is 0 Å². The molecule has 0 aliphatic carbocycles. The molecule has 0 aliphatic rings. The third-order valence-electron chi connectivity index (χ3n) is 2.11. The van der Waals surface area contributed by atoms with Gasteiger partial charge in [-0.05, 0) is 24.5 Å². The molecule has 1 radical (unpaired) electrons. The van der Waals surface area contributed by atoms with Crippen molar-refractivity contribution in [2.45, 2.75) is 20.9 Å². The van der Waals surface area contributed by atoms with Gasteiger partial charge in [-0.1, -0.05) is 88.7 Å². The fourth-order valence-electron chi connectivity index (χ4n) is 1.38. The highest BCUT2D eigenvalue weighted by Gasteiger charge is 2.30. The van der Waals surface area contributed by atoms with Gasteiger partial charge in [-0.2, -0.15) is 0 Å². The number of alkyl halides is 6. The van der Waals surface area contributed by atoms with E-state index in [0.29, 0.717) is 11.1 Å². The van der Waals surface area contributed by atoms with Crippen LogP contribution >= 0.6 is 69.6 Å². The van der Waals surface area contributed by atoms with Crippen molar-refractivity contribution < 1.29 is 0 Å². The first kappa shape index (κ1) is 16.0. The largest absolute Gasteiger partial charge is 0.216 e. The predicted molar refractivity (Wildman–Crippen MR) is 78.6 cm³/mol. The summed E-state index contributed by atoms with van der Waals surface area (Å²) in [5.74, 6) is 0. The maximum Gasteiger partial charge on any atom is 0.216 e. The van der Waals surface area contributed by atoms with Crippen molar-refractivity contribution in [1.29, 1.82) is 0 Å². The maximum atomic E-state index is 5.90. The molecule has 17 heavy (non-hydrogen) atoms. The van der Waals surface area contributed by atoms with Crippen molar-refractivity contribution in [1.82, 2.24) is 0 Å². The zero-order valence-electron chi connectivity index (χ0n) is 8.78. The first-order chi connectivity index (χ1) is 7.66. The van der Waals surface area contributed by atoms with Crippen molar-refractivity contribution in [3.8, 4) is 0 Å². The second kappa shape index (κ2) is 5.94. The van der Waals surface area contributed by atoms with E-state index in [2.05, 4.69) is 0 Å². The van der Waals surface area contributed by atoms with Gasteiger partial charge in [0.25, 0.3) is 0 Å². The molecule has 0 N–H and O–H groups in total. The van der Waals surface area contributed by atoms with Crippen LogP contribution in [0.3, 0.4) is 0 Å². The number of halogens is 6. The first-order valence-electron chi connectivity index (χ1n) is 4.78. The minimum atomic E-state index is -1.55. The van der Waals surface area contributed by atoms with Gasteiger partial charge in [0.05, 0.1) is 0 Å². The van der Waals surface area contributed by atoms with Gasteiger partial charge < -0.3 is 0 Å². The first-order valence-corrected chi connectivity index (χ1v) is 7.04. The predicted octanol–water partition coefficient (Wildman–Crippen LogP) is 6.30. The lowest BCUT2D eigenvalue weighted by atomic mass is 10.0. The molecule has 0 aliphatic heterocycles. The van der Waals surface area contributed by atoms with Gasteiger partial charge in [-0.3, -0.25) is 0 Å². The molecular formula is C11H9Cl6. The minimum Gasteiger partial charge on any atom is -0.0784 e. The van der Waals surface area contributed by atoms with Crippen LogP contribution in [0.15, 0.2) is 18.2 Å². The molecule has 0 unspecified atom stereocenters. The average Bonchev–Trinajstić information content (AvgIpc) is 2.15. The Morgan fingerprint density at radius 1 is 1.00 bits per heavy atom. The highest BCUT2D eigenvalue weighted by atomic mass is 35.6. The van der Waals surface area contributed by atoms with Crippen LogP contribution in [0.25, 0.3) is 0 Å². The molecule has 1 aromatic rings. The van der Waals surface area contributed by atoms with E-state index in [-0.39, 0.29) is 0 Å². The molecule has 0 amide bonds. The van der Waals surface area contributed by atoms with Crippen LogP contribution in [0.1, 0.15) is 30.0 Å². The van der Waals surface area contributed by atoms with Crippen molar-refractivity contribution in [3.05, 3.63) is 41.3 Å². The third-order valence-corrected chi connectivity index (χ3v) is 3.38. The smallest absolute Gasteiger partial charge is 0.0784 e. The van der Waals surface area contributed by atoms with Gasteiger partial charge in [-0.25, -0.2) is 0 Å². The second-order valence-electron chi connectivity index (χ2n) is 3.41. The molecule has 1 rings (SSSR count). The molecule has 0 saturated carbocycles. The van der Waals surface area contributed by atoms with E-state index in [9.17, 15) is 0 Å². The van der Waals surface area contributed by atoms with Gasteiger partial charge in [0.15, 0.2) is 0 Å². The molecular weight excluding hydrogens is 345 g/mol. The third kappa shape index (κ3) is 4.53. The Hall–Kier alpha value is 0.960. The average molecular weight is 354 g/mol. The van der Waals surface area contributed by atoms with Gasteiger partial charge in [-0.15, -0.1) is 0 Å². The molecule has 95 valence electrons. The van der Waals surface area contributed by atoms with Gasteiger partial charge in [0.1, 0.15) is 0 Å². The summed E-state index contributed by atoms with van der Waals surface area (Å²) in [5, 5.41) is 0. The van der Waals surface area contributed by atoms with Crippen molar-refractivity contribution in [2.24, 2.45) is 0 Å². The Balaban J connectivity index is 3.30. The van der Waals surface area contributed by atoms with E-state index in [0.717, 1.165) is 12.0 Å². The van der Waals surface area contributed by atoms with E-state index in [1.807, 2.05) is 13.3 Å². The maximum absolute atomic E-state index is 5.90. The van der Waals surface area contributed by atoms with Crippen molar-refractivity contribution in [3.63, 3.8) is 0 Å². The molecule has 1 aromatic carbocycles. The van der Waals surface area contributed by atoms with E-state index in [4.69, 9.17) is 69.6 Å². The number of hydrogen-bond acceptors (Lipinski definition) is 0. The Labute approximate surface area is 131 Å². The number of rotatable bonds is 2. The summed E-state index contributed by atoms with van der Waals surface area (Å²) in [6.45, 7) is 1.99. The molecule has 0 atom stereocenters. The number of benzene rings is 1. The Morgan fingerprint density at radius 3 is 2.00 bits per heavy atom. The fourth-order valence-corrected chi connectivity index (χ4v) is 2.22. The standard InChI is InChI=1S/C11H9Cl6/c1-2-3-7-4-5-8(10(12,13)14)6-9(7)11(15,16)17/h3-6H,2H2,1H3. The van der Waals surface area contributed by atoms with Gasteiger partial charge in [0.2, 0.25) is 7.59 Å². The molecule has 0 fully saturated rings. The zero-order chi connectivity index (χ0) is 13.3. The Bertz CT molecular complexity index is 388. The highest BCUT2D eigenvalue weighted by Crippen LogP contribution is 2.45. The lowest BCUT2D eigenvalue weighted by Gasteiger charge is -2.20. The summed E-state index contributed by atoms with van der Waals surface area (Å²) in [6, 6.07) is 5.08. The van der Waals surface area contributed by atoms with Crippen LogP contribution in [0.4, 0.5) is 0 Å². The van der Waals surface area contributed by atoms with E-state index >= 15 is 0 Å². The molecule has 6 heteroatoms. The van der Waals surface area contributed by atoms with Crippen molar-refractivity contribution in [2.75, 3.05) is 0 Å². The summed E-state index contributed by atoms with van der Waals surface area (Å²) in [6.07, 6.45) is 2.76. The quantitative estimate of drug-likeness (QED) is 0.547. The van der Waals surface area contributed by atoms with Crippen LogP contribution in [-0.2, 0) is 7.59 Å². The van der Waals surface area contributed by atoms with Gasteiger partial charge in [0, 0.05) is 11.1 Å². The van der Waals surface area contributed by atoms with Crippen LogP contribution in [0, 0.1) is 6.42 Å². The van der Waals surface area contributed by atoms with E-state index in [1.165, 1.54) is 0 Å². The van der Waals surface area contributed by atoms with Crippen LogP contribution in [-0.4, -0.2) is 0 Å². The summed E-state index contributed by atoms with van der Waals surface area (Å²) in [5.41, 5.74) is 1.80. The number of hydrogen-bond donors (Lipinski definition) is 0. The lowest BCUT2D eigenvalue weighted by molar-refractivity contribution is 1.07. The monoisotopic (exact) mass is 351 g/mol. The SMILES string of the molecule is CC[CH]c1ccc(C(Cl)(Cl)Cl)cc1C(Cl)(Cl)Cl. The Kier molecular flexibility index (Phi) is 5.60. The molecule has 0 heterocycles.